The number of ether oxygens (including phenoxy) is 2. The summed E-state index contributed by atoms with van der Waals surface area (Å²) in [6, 6.07) is 6.71. The number of hydrogen-bond acceptors (Lipinski definition) is 3. The molecule has 1 unspecified atom stereocenters. The molecule has 0 aliphatic rings. The zero-order valence-electron chi connectivity index (χ0n) is 13.6. The second-order valence-corrected chi connectivity index (χ2v) is 6.06. The maximum atomic E-state index is 13.9. The first kappa shape index (κ1) is 18.1. The lowest BCUT2D eigenvalue weighted by atomic mass is 10.1. The van der Waals surface area contributed by atoms with E-state index in [0.29, 0.717) is 25.4 Å². The summed E-state index contributed by atoms with van der Waals surface area (Å²) in [6.07, 6.45) is 0.998. The molecule has 0 fully saturated rings. The molecule has 1 atom stereocenters. The fourth-order valence-electron chi connectivity index (χ4n) is 1.94. The molecule has 0 aliphatic heterocycles. The molecule has 0 saturated heterocycles. The maximum absolute atomic E-state index is 13.9. The second-order valence-electron chi connectivity index (χ2n) is 6.06. The summed E-state index contributed by atoms with van der Waals surface area (Å²) in [4.78, 5) is 0. The Bertz CT molecular complexity index is 404. The van der Waals surface area contributed by atoms with Crippen LogP contribution in [0.1, 0.15) is 45.7 Å². The summed E-state index contributed by atoms with van der Waals surface area (Å²) >= 11 is 0. The SMILES string of the molecule is CCCNC(COCCOC(C)(C)C)c1ccccc1F. The zero-order chi connectivity index (χ0) is 15.7. The van der Waals surface area contributed by atoms with Crippen LogP contribution in [0.25, 0.3) is 0 Å². The minimum atomic E-state index is -0.194. The van der Waals surface area contributed by atoms with Gasteiger partial charge in [0.2, 0.25) is 0 Å². The highest BCUT2D eigenvalue weighted by Crippen LogP contribution is 2.17. The Kier molecular flexibility index (Phi) is 7.86. The Hall–Kier alpha value is -0.970. The average molecular weight is 297 g/mol. The van der Waals surface area contributed by atoms with Gasteiger partial charge in [-0.05, 0) is 39.8 Å². The molecular formula is C17H28FNO2. The van der Waals surface area contributed by atoms with Crippen molar-refractivity contribution in [3.63, 3.8) is 0 Å². The Morgan fingerprint density at radius 2 is 1.90 bits per heavy atom. The van der Waals surface area contributed by atoms with Crippen molar-refractivity contribution >= 4 is 0 Å². The summed E-state index contributed by atoms with van der Waals surface area (Å²) in [5.41, 5.74) is 0.497. The molecule has 0 radical (unpaired) electrons. The van der Waals surface area contributed by atoms with Crippen molar-refractivity contribution in [1.82, 2.24) is 5.32 Å². The Balaban J connectivity index is 2.46. The van der Waals surface area contributed by atoms with Crippen LogP contribution in [0.4, 0.5) is 4.39 Å². The number of rotatable bonds is 9. The van der Waals surface area contributed by atoms with Crippen molar-refractivity contribution < 1.29 is 13.9 Å². The van der Waals surface area contributed by atoms with Crippen LogP contribution < -0.4 is 5.32 Å². The molecule has 0 aliphatic carbocycles. The van der Waals surface area contributed by atoms with Gasteiger partial charge in [-0.15, -0.1) is 0 Å². The summed E-state index contributed by atoms with van der Waals surface area (Å²) < 4.78 is 25.1. The highest BCUT2D eigenvalue weighted by atomic mass is 19.1. The van der Waals surface area contributed by atoms with Crippen molar-refractivity contribution in [3.8, 4) is 0 Å². The van der Waals surface area contributed by atoms with E-state index < -0.39 is 0 Å². The molecule has 1 rings (SSSR count). The molecule has 0 heterocycles. The monoisotopic (exact) mass is 297 g/mol. The normalized spacial score (nSPS) is 13.4. The van der Waals surface area contributed by atoms with Gasteiger partial charge in [0, 0.05) is 5.56 Å². The van der Waals surface area contributed by atoms with Crippen molar-refractivity contribution in [2.24, 2.45) is 0 Å². The van der Waals surface area contributed by atoms with Crippen LogP contribution in [-0.4, -0.2) is 32.0 Å². The van der Waals surface area contributed by atoms with E-state index in [0.717, 1.165) is 13.0 Å². The minimum absolute atomic E-state index is 0.124. The van der Waals surface area contributed by atoms with Crippen molar-refractivity contribution in [2.45, 2.75) is 45.8 Å². The number of nitrogens with one attached hydrogen (secondary N) is 1. The molecule has 1 N–H and O–H groups in total. The van der Waals surface area contributed by atoms with Crippen molar-refractivity contribution in [1.29, 1.82) is 0 Å². The van der Waals surface area contributed by atoms with E-state index in [1.54, 1.807) is 12.1 Å². The Labute approximate surface area is 127 Å². The van der Waals surface area contributed by atoms with Crippen LogP contribution >= 0.6 is 0 Å². The standard InChI is InChI=1S/C17H28FNO2/c1-5-10-19-16(14-8-6-7-9-15(14)18)13-20-11-12-21-17(2,3)4/h6-9,16,19H,5,10-13H2,1-4H3. The van der Waals surface area contributed by atoms with E-state index in [-0.39, 0.29) is 17.5 Å². The number of benzene rings is 1. The summed E-state index contributed by atoms with van der Waals surface area (Å²) in [6.45, 7) is 10.4. The largest absolute Gasteiger partial charge is 0.377 e. The van der Waals surface area contributed by atoms with Crippen LogP contribution in [0.15, 0.2) is 24.3 Å². The van der Waals surface area contributed by atoms with Gasteiger partial charge < -0.3 is 14.8 Å². The van der Waals surface area contributed by atoms with Gasteiger partial charge in [0.05, 0.1) is 31.5 Å². The highest BCUT2D eigenvalue weighted by Gasteiger charge is 2.15. The lowest BCUT2D eigenvalue weighted by Crippen LogP contribution is -2.28. The van der Waals surface area contributed by atoms with Crippen LogP contribution in [0.2, 0.25) is 0 Å². The molecular weight excluding hydrogens is 269 g/mol. The topological polar surface area (TPSA) is 30.5 Å². The predicted octanol–water partition coefficient (Wildman–Crippen LogP) is 3.70. The van der Waals surface area contributed by atoms with Gasteiger partial charge in [0.25, 0.3) is 0 Å². The lowest BCUT2D eigenvalue weighted by Gasteiger charge is -2.22. The number of hydrogen-bond donors (Lipinski definition) is 1. The van der Waals surface area contributed by atoms with Crippen LogP contribution in [-0.2, 0) is 9.47 Å². The molecule has 0 amide bonds. The Morgan fingerprint density at radius 3 is 2.52 bits per heavy atom. The molecule has 1 aromatic carbocycles. The molecule has 120 valence electrons. The van der Waals surface area contributed by atoms with Crippen LogP contribution in [0, 0.1) is 5.82 Å². The fourth-order valence-corrected chi connectivity index (χ4v) is 1.94. The molecule has 0 aromatic heterocycles. The first-order valence-electron chi connectivity index (χ1n) is 7.63. The van der Waals surface area contributed by atoms with Gasteiger partial charge in [-0.1, -0.05) is 25.1 Å². The molecule has 1 aromatic rings. The van der Waals surface area contributed by atoms with E-state index >= 15 is 0 Å². The molecule has 0 saturated carbocycles. The summed E-state index contributed by atoms with van der Waals surface area (Å²) in [7, 11) is 0. The van der Waals surface area contributed by atoms with Gasteiger partial charge in [-0.2, -0.15) is 0 Å². The van der Waals surface area contributed by atoms with Crippen molar-refractivity contribution in [3.05, 3.63) is 35.6 Å². The first-order chi connectivity index (χ1) is 9.94. The summed E-state index contributed by atoms with van der Waals surface area (Å²) in [5.74, 6) is -0.194. The third kappa shape index (κ3) is 7.55. The molecule has 0 bridgehead atoms. The maximum Gasteiger partial charge on any atom is 0.128 e. The van der Waals surface area contributed by atoms with Crippen molar-refractivity contribution in [2.75, 3.05) is 26.4 Å². The van der Waals surface area contributed by atoms with Gasteiger partial charge in [0.1, 0.15) is 5.82 Å². The molecule has 4 heteroatoms. The van der Waals surface area contributed by atoms with Gasteiger partial charge in [-0.3, -0.25) is 0 Å². The predicted molar refractivity (Wildman–Crippen MR) is 84.0 cm³/mol. The van der Waals surface area contributed by atoms with Crippen LogP contribution in [0.5, 0.6) is 0 Å². The van der Waals surface area contributed by atoms with Gasteiger partial charge in [0.15, 0.2) is 0 Å². The van der Waals surface area contributed by atoms with E-state index in [9.17, 15) is 4.39 Å². The van der Waals surface area contributed by atoms with E-state index in [1.807, 2.05) is 26.8 Å². The van der Waals surface area contributed by atoms with E-state index in [4.69, 9.17) is 9.47 Å². The third-order valence-electron chi connectivity index (χ3n) is 2.97. The molecule has 3 nitrogen and oxygen atoms in total. The molecule has 21 heavy (non-hydrogen) atoms. The smallest absolute Gasteiger partial charge is 0.128 e. The zero-order valence-corrected chi connectivity index (χ0v) is 13.6. The third-order valence-corrected chi connectivity index (χ3v) is 2.97. The lowest BCUT2D eigenvalue weighted by molar-refractivity contribution is -0.0374. The van der Waals surface area contributed by atoms with Crippen LogP contribution in [0.3, 0.4) is 0 Å². The minimum Gasteiger partial charge on any atom is -0.377 e. The quantitative estimate of drug-likeness (QED) is 0.705. The summed E-state index contributed by atoms with van der Waals surface area (Å²) in [5, 5.41) is 3.33. The molecule has 0 spiro atoms. The highest BCUT2D eigenvalue weighted by molar-refractivity contribution is 5.21. The van der Waals surface area contributed by atoms with Gasteiger partial charge >= 0.3 is 0 Å². The average Bonchev–Trinajstić information content (AvgIpc) is 2.41. The van der Waals surface area contributed by atoms with Gasteiger partial charge in [-0.25, -0.2) is 4.39 Å². The van der Waals surface area contributed by atoms with E-state index in [2.05, 4.69) is 12.2 Å². The Morgan fingerprint density at radius 1 is 1.19 bits per heavy atom. The number of halogens is 1. The fraction of sp³-hybridized carbons (Fsp3) is 0.647. The first-order valence-corrected chi connectivity index (χ1v) is 7.63. The second kappa shape index (κ2) is 9.13. The van der Waals surface area contributed by atoms with E-state index in [1.165, 1.54) is 6.07 Å².